The van der Waals surface area contributed by atoms with Crippen molar-refractivity contribution < 1.29 is 4.74 Å². The minimum atomic E-state index is 0.258. The van der Waals surface area contributed by atoms with Gasteiger partial charge in [-0.05, 0) is 49.8 Å². The van der Waals surface area contributed by atoms with Crippen molar-refractivity contribution in [2.24, 2.45) is 5.41 Å². The molecule has 1 aliphatic rings. The van der Waals surface area contributed by atoms with Gasteiger partial charge < -0.3 is 10.1 Å². The van der Waals surface area contributed by atoms with E-state index in [1.807, 2.05) is 0 Å². The Kier molecular flexibility index (Phi) is 5.83. The van der Waals surface area contributed by atoms with Gasteiger partial charge in [0.25, 0.3) is 0 Å². The lowest BCUT2D eigenvalue weighted by atomic mass is 9.76. The highest BCUT2D eigenvalue weighted by Gasteiger charge is 2.41. The Morgan fingerprint density at radius 3 is 2.52 bits per heavy atom. The van der Waals surface area contributed by atoms with Crippen molar-refractivity contribution >= 4 is 0 Å². The van der Waals surface area contributed by atoms with Crippen LogP contribution in [-0.4, -0.2) is 25.8 Å². The predicted molar refractivity (Wildman–Crippen MR) is 89.9 cm³/mol. The number of hydrogen-bond acceptors (Lipinski definition) is 2. The second-order valence-corrected chi connectivity index (χ2v) is 6.88. The molecule has 21 heavy (non-hydrogen) atoms. The average molecular weight is 289 g/mol. The zero-order chi connectivity index (χ0) is 15.3. The van der Waals surface area contributed by atoms with Crippen molar-refractivity contribution in [1.82, 2.24) is 5.32 Å². The smallest absolute Gasteiger partial charge is 0.0619 e. The van der Waals surface area contributed by atoms with E-state index < -0.39 is 0 Å². The van der Waals surface area contributed by atoms with E-state index >= 15 is 0 Å². The largest absolute Gasteiger partial charge is 0.378 e. The molecule has 1 saturated heterocycles. The van der Waals surface area contributed by atoms with Gasteiger partial charge in [0.1, 0.15) is 0 Å². The summed E-state index contributed by atoms with van der Waals surface area (Å²) in [6.45, 7) is 12.0. The Balaban J connectivity index is 2.07. The highest BCUT2D eigenvalue weighted by Crippen LogP contribution is 2.38. The first-order valence-corrected chi connectivity index (χ1v) is 8.48. The highest BCUT2D eigenvalue weighted by molar-refractivity contribution is 5.26. The van der Waals surface area contributed by atoms with Gasteiger partial charge in [0, 0.05) is 18.6 Å². The molecule has 2 atom stereocenters. The first-order chi connectivity index (χ1) is 10.1. The van der Waals surface area contributed by atoms with Crippen LogP contribution in [0, 0.1) is 5.41 Å². The van der Waals surface area contributed by atoms with Crippen LogP contribution in [0.2, 0.25) is 0 Å². The van der Waals surface area contributed by atoms with E-state index in [0.29, 0.717) is 12.0 Å². The minimum Gasteiger partial charge on any atom is -0.378 e. The third-order valence-corrected chi connectivity index (χ3v) is 4.94. The Labute approximate surface area is 130 Å². The number of rotatable bonds is 7. The van der Waals surface area contributed by atoms with Gasteiger partial charge in [0.05, 0.1) is 6.10 Å². The van der Waals surface area contributed by atoms with Crippen LogP contribution in [0.3, 0.4) is 0 Å². The maximum absolute atomic E-state index is 5.89. The molecule has 2 unspecified atom stereocenters. The highest BCUT2D eigenvalue weighted by atomic mass is 16.5. The summed E-state index contributed by atoms with van der Waals surface area (Å²) in [6, 6.07) is 9.19. The van der Waals surface area contributed by atoms with Crippen molar-refractivity contribution in [3.63, 3.8) is 0 Å². The summed E-state index contributed by atoms with van der Waals surface area (Å²) in [5.41, 5.74) is 3.12. The molecular formula is C19H31NO. The van der Waals surface area contributed by atoms with E-state index in [1.165, 1.54) is 17.5 Å². The van der Waals surface area contributed by atoms with Crippen LogP contribution in [0.1, 0.15) is 57.6 Å². The minimum absolute atomic E-state index is 0.258. The zero-order valence-corrected chi connectivity index (χ0v) is 14.1. The van der Waals surface area contributed by atoms with Gasteiger partial charge in [0.15, 0.2) is 0 Å². The van der Waals surface area contributed by atoms with Gasteiger partial charge in [-0.2, -0.15) is 0 Å². The van der Waals surface area contributed by atoms with Crippen molar-refractivity contribution in [2.75, 3.05) is 19.7 Å². The van der Waals surface area contributed by atoms with Crippen molar-refractivity contribution in [1.29, 1.82) is 0 Å². The third-order valence-electron chi connectivity index (χ3n) is 4.94. The van der Waals surface area contributed by atoms with Crippen LogP contribution in [0.15, 0.2) is 24.3 Å². The van der Waals surface area contributed by atoms with E-state index in [2.05, 4.69) is 57.3 Å². The molecular weight excluding hydrogens is 258 g/mol. The van der Waals surface area contributed by atoms with E-state index in [0.717, 1.165) is 32.5 Å². The first kappa shape index (κ1) is 16.5. The average Bonchev–Trinajstić information content (AvgIpc) is 2.81. The van der Waals surface area contributed by atoms with Gasteiger partial charge in [-0.1, -0.05) is 45.0 Å². The van der Waals surface area contributed by atoms with Gasteiger partial charge in [-0.25, -0.2) is 0 Å². The van der Waals surface area contributed by atoms with Gasteiger partial charge >= 0.3 is 0 Å². The molecule has 0 aromatic heterocycles. The molecule has 0 bridgehead atoms. The van der Waals surface area contributed by atoms with Crippen molar-refractivity contribution in [3.8, 4) is 0 Å². The van der Waals surface area contributed by atoms with Crippen molar-refractivity contribution in [3.05, 3.63) is 35.4 Å². The summed E-state index contributed by atoms with van der Waals surface area (Å²) in [5, 5.41) is 3.62. The standard InChI is InChI=1S/C19H31NO/c1-5-11-20-14-19(10-12-21-16(19)4)13-17-6-8-18(9-7-17)15(2)3/h6-9,15-16,20H,5,10-14H2,1-4H3. The van der Waals surface area contributed by atoms with Gasteiger partial charge in [0.2, 0.25) is 0 Å². The zero-order valence-electron chi connectivity index (χ0n) is 14.1. The van der Waals surface area contributed by atoms with Crippen LogP contribution in [0.25, 0.3) is 0 Å². The Hall–Kier alpha value is -0.860. The van der Waals surface area contributed by atoms with Crippen LogP contribution >= 0.6 is 0 Å². The fourth-order valence-corrected chi connectivity index (χ4v) is 3.29. The summed E-state index contributed by atoms with van der Waals surface area (Å²) in [5.74, 6) is 0.605. The molecule has 0 saturated carbocycles. The lowest BCUT2D eigenvalue weighted by molar-refractivity contribution is 0.0631. The predicted octanol–water partition coefficient (Wildman–Crippen LogP) is 4.15. The summed E-state index contributed by atoms with van der Waals surface area (Å²) in [6.07, 6.45) is 3.81. The molecule has 2 heteroatoms. The molecule has 1 heterocycles. The molecule has 1 aliphatic heterocycles. The number of hydrogen-bond donors (Lipinski definition) is 1. The third kappa shape index (κ3) is 4.08. The Morgan fingerprint density at radius 1 is 1.29 bits per heavy atom. The fraction of sp³-hybridized carbons (Fsp3) is 0.684. The summed E-state index contributed by atoms with van der Waals surface area (Å²) in [4.78, 5) is 0. The molecule has 0 radical (unpaired) electrons. The number of ether oxygens (including phenoxy) is 1. The molecule has 0 spiro atoms. The quantitative estimate of drug-likeness (QED) is 0.761. The van der Waals surface area contributed by atoms with Crippen LogP contribution < -0.4 is 5.32 Å². The van der Waals surface area contributed by atoms with Gasteiger partial charge in [-0.3, -0.25) is 0 Å². The second-order valence-electron chi connectivity index (χ2n) is 6.88. The summed E-state index contributed by atoms with van der Waals surface area (Å²) < 4.78 is 5.89. The molecule has 1 aromatic rings. The molecule has 2 nitrogen and oxygen atoms in total. The number of nitrogens with one attached hydrogen (secondary N) is 1. The second kappa shape index (κ2) is 7.42. The molecule has 2 rings (SSSR count). The summed E-state index contributed by atoms with van der Waals surface area (Å²) >= 11 is 0. The number of benzene rings is 1. The van der Waals surface area contributed by atoms with E-state index in [4.69, 9.17) is 4.74 Å². The maximum Gasteiger partial charge on any atom is 0.0619 e. The Bertz CT molecular complexity index is 426. The van der Waals surface area contributed by atoms with E-state index in [1.54, 1.807) is 0 Å². The molecule has 118 valence electrons. The fourth-order valence-electron chi connectivity index (χ4n) is 3.29. The van der Waals surface area contributed by atoms with E-state index in [-0.39, 0.29) is 5.41 Å². The topological polar surface area (TPSA) is 21.3 Å². The Morgan fingerprint density at radius 2 is 2.00 bits per heavy atom. The molecule has 0 aliphatic carbocycles. The maximum atomic E-state index is 5.89. The van der Waals surface area contributed by atoms with Crippen LogP contribution in [0.4, 0.5) is 0 Å². The molecule has 1 N–H and O–H groups in total. The lowest BCUT2D eigenvalue weighted by Crippen LogP contribution is -2.41. The normalized spacial score (nSPS) is 25.7. The molecule has 0 amide bonds. The SMILES string of the molecule is CCCNCC1(Cc2ccc(C(C)C)cc2)CCOC1C. The summed E-state index contributed by atoms with van der Waals surface area (Å²) in [7, 11) is 0. The van der Waals surface area contributed by atoms with Crippen LogP contribution in [-0.2, 0) is 11.2 Å². The monoisotopic (exact) mass is 289 g/mol. The first-order valence-electron chi connectivity index (χ1n) is 8.48. The molecule has 1 aromatic carbocycles. The van der Waals surface area contributed by atoms with Crippen molar-refractivity contribution in [2.45, 2.75) is 59.0 Å². The molecule has 1 fully saturated rings. The lowest BCUT2D eigenvalue weighted by Gasteiger charge is -2.33. The van der Waals surface area contributed by atoms with Crippen LogP contribution in [0.5, 0.6) is 0 Å². The van der Waals surface area contributed by atoms with Gasteiger partial charge in [-0.15, -0.1) is 0 Å². The van der Waals surface area contributed by atoms with E-state index in [9.17, 15) is 0 Å².